The van der Waals surface area contributed by atoms with Gasteiger partial charge in [-0.25, -0.2) is 0 Å². The van der Waals surface area contributed by atoms with Crippen molar-refractivity contribution in [2.75, 3.05) is 19.6 Å². The van der Waals surface area contributed by atoms with Gasteiger partial charge in [0, 0.05) is 30.6 Å². The van der Waals surface area contributed by atoms with Crippen LogP contribution in [-0.4, -0.2) is 25.6 Å². The van der Waals surface area contributed by atoms with Gasteiger partial charge < -0.3 is 15.1 Å². The first kappa shape index (κ1) is 15.2. The lowest BCUT2D eigenvalue weighted by Crippen LogP contribution is -2.41. The van der Waals surface area contributed by atoms with Crippen LogP contribution in [-0.2, 0) is 6.42 Å². The lowest BCUT2D eigenvalue weighted by molar-refractivity contribution is 0.571. The summed E-state index contributed by atoms with van der Waals surface area (Å²) in [5.41, 5.74) is 2.27. The molecule has 0 amide bonds. The lowest BCUT2D eigenvalue weighted by atomic mass is 10.1. The number of nitrogens with zero attached hydrogens (tertiary/aromatic N) is 1. The summed E-state index contributed by atoms with van der Waals surface area (Å²) in [6.07, 6.45) is 2.07. The number of hydrogen-bond acceptors (Lipinski definition) is 4. The van der Waals surface area contributed by atoms with Crippen molar-refractivity contribution < 1.29 is 4.42 Å². The number of rotatable bonds is 3. The second-order valence-electron chi connectivity index (χ2n) is 4.82. The molecule has 0 radical (unpaired) electrons. The Hall–Kier alpha value is -1.24. The summed E-state index contributed by atoms with van der Waals surface area (Å²) in [6, 6.07) is 8.21. The summed E-state index contributed by atoms with van der Waals surface area (Å²) in [7, 11) is 0. The smallest absolute Gasteiger partial charge is 0.191 e. The fraction of sp³-hybridized carbons (Fsp3) is 0.400. The van der Waals surface area contributed by atoms with Crippen molar-refractivity contribution in [3.8, 4) is 0 Å². The highest BCUT2D eigenvalue weighted by Crippen LogP contribution is 2.25. The van der Waals surface area contributed by atoms with Crippen molar-refractivity contribution in [1.29, 1.82) is 0 Å². The minimum absolute atomic E-state index is 0. The number of halogens is 1. The topological polar surface area (TPSA) is 49.6 Å². The predicted molar refractivity (Wildman–Crippen MR) is 93.0 cm³/mol. The summed E-state index contributed by atoms with van der Waals surface area (Å²) in [4.78, 5) is 4.40. The fourth-order valence-electron chi connectivity index (χ4n) is 2.49. The van der Waals surface area contributed by atoms with Gasteiger partial charge in [-0.05, 0) is 25.8 Å². The van der Waals surface area contributed by atoms with Crippen LogP contribution in [0.5, 0.6) is 0 Å². The number of aliphatic imine (C=N–C) groups is 1. The zero-order chi connectivity index (χ0) is 13.1. The summed E-state index contributed by atoms with van der Waals surface area (Å²) in [5, 5.41) is 7.84. The maximum absolute atomic E-state index is 5.77. The molecular formula is C15H20IN3O. The number of guanidine groups is 1. The molecule has 1 aromatic carbocycles. The standard InChI is InChI=1S/C15H19N3O.HI/c1-11-12(13-5-2-3-6-14(13)19-11)7-10-18-15-16-8-4-9-17-15;/h2-3,5-6H,4,7-10H2,1H3,(H2,16,17,18);1H. The van der Waals surface area contributed by atoms with Crippen LogP contribution in [0.25, 0.3) is 11.0 Å². The van der Waals surface area contributed by atoms with E-state index in [-0.39, 0.29) is 24.0 Å². The zero-order valence-electron chi connectivity index (χ0n) is 11.6. The second-order valence-corrected chi connectivity index (χ2v) is 4.82. The number of fused-ring (bicyclic) bond motifs is 1. The summed E-state index contributed by atoms with van der Waals surface area (Å²) in [5.74, 6) is 1.94. The van der Waals surface area contributed by atoms with Crippen LogP contribution in [0.1, 0.15) is 17.7 Å². The highest BCUT2D eigenvalue weighted by Gasteiger charge is 2.10. The maximum Gasteiger partial charge on any atom is 0.191 e. The molecular weight excluding hydrogens is 365 g/mol. The van der Waals surface area contributed by atoms with Crippen molar-refractivity contribution in [3.63, 3.8) is 0 Å². The van der Waals surface area contributed by atoms with E-state index in [9.17, 15) is 0 Å². The third-order valence-electron chi connectivity index (χ3n) is 3.46. The molecule has 1 aliphatic rings. The molecule has 3 rings (SSSR count). The quantitative estimate of drug-likeness (QED) is 0.799. The van der Waals surface area contributed by atoms with E-state index in [2.05, 4.69) is 27.8 Å². The van der Waals surface area contributed by atoms with Gasteiger partial charge in [0.05, 0.1) is 0 Å². The summed E-state index contributed by atoms with van der Waals surface area (Å²) < 4.78 is 5.77. The Bertz CT molecular complexity index is 606. The molecule has 0 saturated carbocycles. The van der Waals surface area contributed by atoms with Crippen molar-refractivity contribution in [1.82, 2.24) is 10.6 Å². The molecule has 0 atom stereocenters. The molecule has 4 nitrogen and oxygen atoms in total. The number of para-hydroxylation sites is 1. The average molecular weight is 385 g/mol. The molecule has 0 aliphatic carbocycles. The minimum Gasteiger partial charge on any atom is -0.461 e. The highest BCUT2D eigenvalue weighted by molar-refractivity contribution is 14.0. The summed E-state index contributed by atoms with van der Waals surface area (Å²) in [6.45, 7) is 4.84. The SMILES string of the molecule is Cc1oc2ccccc2c1CCNC1=NCCCN1.I. The normalized spacial score (nSPS) is 14.3. The minimum atomic E-state index is 0. The first-order chi connectivity index (χ1) is 9.34. The lowest BCUT2D eigenvalue weighted by Gasteiger charge is -2.15. The number of aryl methyl sites for hydroxylation is 1. The molecule has 0 spiro atoms. The Morgan fingerprint density at radius 3 is 3.00 bits per heavy atom. The third kappa shape index (κ3) is 3.26. The molecule has 0 bridgehead atoms. The maximum atomic E-state index is 5.77. The Morgan fingerprint density at radius 2 is 2.20 bits per heavy atom. The molecule has 20 heavy (non-hydrogen) atoms. The monoisotopic (exact) mass is 385 g/mol. The Morgan fingerprint density at radius 1 is 1.35 bits per heavy atom. The Kier molecular flexibility index (Phi) is 5.28. The number of benzene rings is 1. The molecule has 2 aromatic rings. The second kappa shape index (κ2) is 6.97. The van der Waals surface area contributed by atoms with Gasteiger partial charge in [-0.3, -0.25) is 4.99 Å². The van der Waals surface area contributed by atoms with Crippen molar-refractivity contribution >= 4 is 40.9 Å². The van der Waals surface area contributed by atoms with E-state index in [1.165, 1.54) is 10.9 Å². The van der Waals surface area contributed by atoms with E-state index >= 15 is 0 Å². The van der Waals surface area contributed by atoms with Crippen LogP contribution < -0.4 is 10.6 Å². The van der Waals surface area contributed by atoms with E-state index in [1.807, 2.05) is 19.1 Å². The zero-order valence-corrected chi connectivity index (χ0v) is 13.9. The third-order valence-corrected chi connectivity index (χ3v) is 3.46. The molecule has 0 fully saturated rings. The molecule has 1 aliphatic heterocycles. The van der Waals surface area contributed by atoms with Gasteiger partial charge in [0.1, 0.15) is 11.3 Å². The molecule has 2 N–H and O–H groups in total. The first-order valence-corrected chi connectivity index (χ1v) is 6.84. The first-order valence-electron chi connectivity index (χ1n) is 6.84. The number of nitrogens with one attached hydrogen (secondary N) is 2. The van der Waals surface area contributed by atoms with Gasteiger partial charge in [-0.2, -0.15) is 0 Å². The Labute approximate surface area is 136 Å². The van der Waals surface area contributed by atoms with E-state index in [0.717, 1.165) is 49.8 Å². The van der Waals surface area contributed by atoms with E-state index in [0.29, 0.717) is 0 Å². The van der Waals surface area contributed by atoms with Crippen LogP contribution in [0.2, 0.25) is 0 Å². The largest absolute Gasteiger partial charge is 0.461 e. The van der Waals surface area contributed by atoms with Crippen molar-refractivity contribution in [3.05, 3.63) is 35.6 Å². The van der Waals surface area contributed by atoms with Gasteiger partial charge in [0.15, 0.2) is 5.96 Å². The van der Waals surface area contributed by atoms with E-state index in [4.69, 9.17) is 4.42 Å². The summed E-state index contributed by atoms with van der Waals surface area (Å²) >= 11 is 0. The van der Waals surface area contributed by atoms with Gasteiger partial charge in [0.2, 0.25) is 0 Å². The van der Waals surface area contributed by atoms with Crippen LogP contribution in [0.4, 0.5) is 0 Å². The van der Waals surface area contributed by atoms with Crippen molar-refractivity contribution in [2.24, 2.45) is 4.99 Å². The molecule has 5 heteroatoms. The van der Waals surface area contributed by atoms with Crippen molar-refractivity contribution in [2.45, 2.75) is 19.8 Å². The van der Waals surface area contributed by atoms with E-state index in [1.54, 1.807) is 0 Å². The average Bonchev–Trinajstić information content (AvgIpc) is 2.76. The molecule has 0 unspecified atom stereocenters. The molecule has 1 aromatic heterocycles. The van der Waals surface area contributed by atoms with Gasteiger partial charge >= 0.3 is 0 Å². The number of hydrogen-bond donors (Lipinski definition) is 2. The van der Waals surface area contributed by atoms with E-state index < -0.39 is 0 Å². The molecule has 2 heterocycles. The predicted octanol–water partition coefficient (Wildman–Crippen LogP) is 2.84. The molecule has 108 valence electrons. The molecule has 0 saturated heterocycles. The Balaban J connectivity index is 0.00000147. The van der Waals surface area contributed by atoms with Gasteiger partial charge in [-0.1, -0.05) is 18.2 Å². The van der Waals surface area contributed by atoms with Crippen LogP contribution in [0.15, 0.2) is 33.7 Å². The van der Waals surface area contributed by atoms with Crippen LogP contribution in [0.3, 0.4) is 0 Å². The highest BCUT2D eigenvalue weighted by atomic mass is 127. The van der Waals surface area contributed by atoms with Crippen LogP contribution >= 0.6 is 24.0 Å². The number of furan rings is 1. The van der Waals surface area contributed by atoms with Gasteiger partial charge in [-0.15, -0.1) is 24.0 Å². The fourth-order valence-corrected chi connectivity index (χ4v) is 2.49. The van der Waals surface area contributed by atoms with Crippen LogP contribution in [0, 0.1) is 6.92 Å². The van der Waals surface area contributed by atoms with Gasteiger partial charge in [0.25, 0.3) is 0 Å².